The number of thioether (sulfide) groups is 1. The van der Waals surface area contributed by atoms with Crippen LogP contribution in [0.2, 0.25) is 0 Å². The Balaban J connectivity index is 1.85. The van der Waals surface area contributed by atoms with Crippen LogP contribution in [0.4, 0.5) is 10.5 Å². The highest BCUT2D eigenvalue weighted by atomic mass is 127. The maximum absolute atomic E-state index is 12.6. The van der Waals surface area contributed by atoms with E-state index in [0.29, 0.717) is 16.3 Å². The fourth-order valence-electron chi connectivity index (χ4n) is 2.26. The number of halogens is 1. The summed E-state index contributed by atoms with van der Waals surface area (Å²) >= 11 is 3.08. The van der Waals surface area contributed by atoms with Crippen molar-refractivity contribution in [1.29, 1.82) is 0 Å². The average Bonchev–Trinajstić information content (AvgIpc) is 2.88. The molecule has 3 rings (SSSR count). The molecule has 0 aliphatic carbocycles. The summed E-state index contributed by atoms with van der Waals surface area (Å²) in [5.41, 5.74) is 1.39. The second kappa shape index (κ2) is 7.76. The number of carbonyl (C=O) groups excluding carboxylic acids is 2. The van der Waals surface area contributed by atoms with Crippen LogP contribution in [-0.4, -0.2) is 17.8 Å². The molecule has 1 fully saturated rings. The number of rotatable bonds is 4. The number of ether oxygens (including phenoxy) is 1. The topological polar surface area (TPSA) is 46.6 Å². The molecule has 2 aromatic carbocycles. The van der Waals surface area contributed by atoms with E-state index in [-0.39, 0.29) is 17.8 Å². The van der Waals surface area contributed by atoms with Crippen LogP contribution in [0.25, 0.3) is 6.08 Å². The molecule has 0 radical (unpaired) electrons. The molecule has 6 heteroatoms. The summed E-state index contributed by atoms with van der Waals surface area (Å²) in [7, 11) is 0. The van der Waals surface area contributed by atoms with Gasteiger partial charge in [-0.1, -0.05) is 30.2 Å². The van der Waals surface area contributed by atoms with Crippen LogP contribution in [0.15, 0.2) is 53.4 Å². The standard InChI is InChI=1S/C19H12INO3S/c1-2-10-24-16-9-8-13(11-15(16)20)12-17-18(22)21(19(23)25-17)14-6-4-3-5-7-14/h1,3-9,11-12H,10H2/b17-12-. The largest absolute Gasteiger partial charge is 0.480 e. The predicted molar refractivity (Wildman–Crippen MR) is 108 cm³/mol. The lowest BCUT2D eigenvalue weighted by Gasteiger charge is -2.11. The van der Waals surface area contributed by atoms with Gasteiger partial charge in [-0.2, -0.15) is 0 Å². The van der Waals surface area contributed by atoms with Crippen molar-refractivity contribution in [2.75, 3.05) is 11.5 Å². The van der Waals surface area contributed by atoms with E-state index in [1.165, 1.54) is 4.90 Å². The van der Waals surface area contributed by atoms with Crippen molar-refractivity contribution in [3.8, 4) is 18.1 Å². The first-order valence-corrected chi connectivity index (χ1v) is 9.18. The molecule has 0 saturated carbocycles. The molecule has 25 heavy (non-hydrogen) atoms. The van der Waals surface area contributed by atoms with Gasteiger partial charge in [0.25, 0.3) is 11.1 Å². The number of amides is 2. The van der Waals surface area contributed by atoms with E-state index in [1.807, 2.05) is 18.2 Å². The van der Waals surface area contributed by atoms with Gasteiger partial charge in [0.15, 0.2) is 0 Å². The van der Waals surface area contributed by atoms with Gasteiger partial charge in [0.2, 0.25) is 0 Å². The Hall–Kier alpha value is -2.24. The summed E-state index contributed by atoms with van der Waals surface area (Å²) < 4.78 is 6.30. The number of para-hydroxylation sites is 1. The molecule has 1 heterocycles. The molecule has 0 aromatic heterocycles. The van der Waals surface area contributed by atoms with Crippen LogP contribution in [0.1, 0.15) is 5.56 Å². The SMILES string of the molecule is C#CCOc1ccc(/C=C2\SC(=O)N(c3ccccc3)C2=O)cc1I. The lowest BCUT2D eigenvalue weighted by molar-refractivity contribution is -0.113. The molecular formula is C19H12INO3S. The number of benzene rings is 2. The van der Waals surface area contributed by atoms with Gasteiger partial charge in [-0.05, 0) is 70.3 Å². The Morgan fingerprint density at radius 2 is 1.96 bits per heavy atom. The molecular weight excluding hydrogens is 449 g/mol. The highest BCUT2D eigenvalue weighted by Gasteiger charge is 2.36. The van der Waals surface area contributed by atoms with Crippen molar-refractivity contribution in [3.63, 3.8) is 0 Å². The van der Waals surface area contributed by atoms with Crippen LogP contribution >= 0.6 is 34.4 Å². The first-order chi connectivity index (χ1) is 12.1. The lowest BCUT2D eigenvalue weighted by atomic mass is 10.2. The number of hydrogen-bond donors (Lipinski definition) is 0. The minimum atomic E-state index is -0.316. The maximum Gasteiger partial charge on any atom is 0.298 e. The molecule has 0 unspecified atom stereocenters. The summed E-state index contributed by atoms with van der Waals surface area (Å²) in [5.74, 6) is 2.79. The maximum atomic E-state index is 12.6. The van der Waals surface area contributed by atoms with E-state index in [4.69, 9.17) is 11.2 Å². The number of imide groups is 1. The molecule has 0 bridgehead atoms. The Morgan fingerprint density at radius 1 is 1.20 bits per heavy atom. The normalized spacial score (nSPS) is 15.5. The molecule has 1 aliphatic heterocycles. The third kappa shape index (κ3) is 3.89. The molecule has 1 aliphatic rings. The number of hydrogen-bond acceptors (Lipinski definition) is 4. The van der Waals surface area contributed by atoms with Crippen molar-refractivity contribution in [1.82, 2.24) is 0 Å². The molecule has 0 spiro atoms. The van der Waals surface area contributed by atoms with Crippen molar-refractivity contribution < 1.29 is 14.3 Å². The zero-order chi connectivity index (χ0) is 17.8. The first kappa shape index (κ1) is 17.6. The van der Waals surface area contributed by atoms with Gasteiger partial charge in [0.1, 0.15) is 12.4 Å². The molecule has 1 saturated heterocycles. The fraction of sp³-hybridized carbons (Fsp3) is 0.0526. The van der Waals surface area contributed by atoms with E-state index >= 15 is 0 Å². The van der Waals surface area contributed by atoms with Crippen LogP contribution < -0.4 is 9.64 Å². The molecule has 4 nitrogen and oxygen atoms in total. The molecule has 0 N–H and O–H groups in total. The van der Waals surface area contributed by atoms with Gasteiger partial charge in [0.05, 0.1) is 14.2 Å². The Kier molecular flexibility index (Phi) is 5.46. The summed E-state index contributed by atoms with van der Waals surface area (Å²) in [6, 6.07) is 14.4. The quantitative estimate of drug-likeness (QED) is 0.381. The van der Waals surface area contributed by atoms with Crippen molar-refractivity contribution >= 4 is 57.3 Å². The average molecular weight is 461 g/mol. The molecule has 124 valence electrons. The predicted octanol–water partition coefficient (Wildman–Crippen LogP) is 4.54. The van der Waals surface area contributed by atoms with Crippen LogP contribution in [0.3, 0.4) is 0 Å². The second-order valence-electron chi connectivity index (χ2n) is 5.04. The number of terminal acetylenes is 1. The van der Waals surface area contributed by atoms with E-state index in [2.05, 4.69) is 28.5 Å². The fourth-order valence-corrected chi connectivity index (χ4v) is 3.80. The van der Waals surface area contributed by atoms with E-state index in [0.717, 1.165) is 20.9 Å². The summed E-state index contributed by atoms with van der Waals surface area (Å²) in [4.78, 5) is 26.4. The minimum Gasteiger partial charge on any atom is -0.480 e. The second-order valence-corrected chi connectivity index (χ2v) is 7.19. The number of anilines is 1. The number of nitrogens with zero attached hydrogens (tertiary/aromatic N) is 1. The van der Waals surface area contributed by atoms with Crippen LogP contribution in [0, 0.1) is 15.9 Å². The first-order valence-electron chi connectivity index (χ1n) is 7.29. The third-order valence-corrected chi connectivity index (χ3v) is 5.09. The lowest BCUT2D eigenvalue weighted by Crippen LogP contribution is -2.27. The Labute approximate surface area is 163 Å². The monoisotopic (exact) mass is 461 g/mol. The summed E-state index contributed by atoms with van der Waals surface area (Å²) in [6.07, 6.45) is 6.90. The highest BCUT2D eigenvalue weighted by molar-refractivity contribution is 14.1. The smallest absolute Gasteiger partial charge is 0.298 e. The van der Waals surface area contributed by atoms with Crippen molar-refractivity contribution in [2.24, 2.45) is 0 Å². The molecule has 0 atom stereocenters. The van der Waals surface area contributed by atoms with Crippen molar-refractivity contribution in [2.45, 2.75) is 0 Å². The molecule has 2 aromatic rings. The van der Waals surface area contributed by atoms with Crippen LogP contribution in [-0.2, 0) is 4.79 Å². The van der Waals surface area contributed by atoms with Gasteiger partial charge in [0, 0.05) is 0 Å². The van der Waals surface area contributed by atoms with Gasteiger partial charge < -0.3 is 4.74 Å². The third-order valence-electron chi connectivity index (χ3n) is 3.37. The summed E-state index contributed by atoms with van der Waals surface area (Å²) in [6.45, 7) is 0.200. The van der Waals surface area contributed by atoms with Gasteiger partial charge in [-0.3, -0.25) is 9.59 Å². The summed E-state index contributed by atoms with van der Waals surface area (Å²) in [5, 5.41) is -0.300. The van der Waals surface area contributed by atoms with E-state index in [9.17, 15) is 9.59 Å². The van der Waals surface area contributed by atoms with Gasteiger partial charge >= 0.3 is 0 Å². The van der Waals surface area contributed by atoms with E-state index < -0.39 is 0 Å². The van der Waals surface area contributed by atoms with Gasteiger partial charge in [-0.25, -0.2) is 4.90 Å². The highest BCUT2D eigenvalue weighted by Crippen LogP contribution is 2.36. The zero-order valence-electron chi connectivity index (χ0n) is 12.9. The molecule has 2 amide bonds. The zero-order valence-corrected chi connectivity index (χ0v) is 15.9. The number of carbonyl (C=O) groups is 2. The minimum absolute atomic E-state index is 0.200. The van der Waals surface area contributed by atoms with E-state index in [1.54, 1.807) is 36.4 Å². The Morgan fingerprint density at radius 3 is 2.64 bits per heavy atom. The van der Waals surface area contributed by atoms with Gasteiger partial charge in [-0.15, -0.1) is 6.42 Å². The van der Waals surface area contributed by atoms with Crippen LogP contribution in [0.5, 0.6) is 5.75 Å². The van der Waals surface area contributed by atoms with Crippen molar-refractivity contribution in [3.05, 3.63) is 62.6 Å². The Bertz CT molecular complexity index is 903.